The quantitative estimate of drug-likeness (QED) is 0.710. The summed E-state index contributed by atoms with van der Waals surface area (Å²) in [7, 11) is 1.21. The van der Waals surface area contributed by atoms with E-state index in [9.17, 15) is 9.59 Å². The van der Waals surface area contributed by atoms with Gasteiger partial charge in [0, 0.05) is 11.0 Å². The highest BCUT2D eigenvalue weighted by molar-refractivity contribution is 9.10. The molecule has 0 fully saturated rings. The van der Waals surface area contributed by atoms with Crippen LogP contribution in [0.25, 0.3) is 0 Å². The zero-order valence-corrected chi connectivity index (χ0v) is 14.9. The summed E-state index contributed by atoms with van der Waals surface area (Å²) in [5.74, 6) is -1.11. The van der Waals surface area contributed by atoms with Crippen LogP contribution in [0.1, 0.15) is 5.56 Å². The maximum absolute atomic E-state index is 12.4. The molecule has 126 valence electrons. The van der Waals surface area contributed by atoms with Crippen LogP contribution in [0.4, 0.5) is 5.69 Å². The molecule has 0 radical (unpaired) electrons. The molecule has 24 heavy (non-hydrogen) atoms. The van der Waals surface area contributed by atoms with E-state index < -0.39 is 11.9 Å². The highest BCUT2D eigenvalue weighted by Gasteiger charge is 2.34. The first-order valence-corrected chi connectivity index (χ1v) is 7.97. The van der Waals surface area contributed by atoms with Gasteiger partial charge in [-0.05, 0) is 28.1 Å². The lowest BCUT2D eigenvalue weighted by Crippen LogP contribution is -2.31. The minimum absolute atomic E-state index is 0.0170. The van der Waals surface area contributed by atoms with Crippen molar-refractivity contribution in [2.24, 2.45) is 0 Å². The molecule has 1 aliphatic heterocycles. The van der Waals surface area contributed by atoms with Gasteiger partial charge in [0.05, 0.1) is 42.1 Å². The van der Waals surface area contributed by atoms with Gasteiger partial charge in [0.1, 0.15) is 11.8 Å². The number of aliphatic hydroxyl groups excluding tert-OH is 1. The predicted molar refractivity (Wildman–Crippen MR) is 90.2 cm³/mol. The van der Waals surface area contributed by atoms with Crippen LogP contribution < -0.4 is 5.32 Å². The number of nitrogens with one attached hydrogen (secondary N) is 1. The van der Waals surface area contributed by atoms with Crippen LogP contribution in [-0.2, 0) is 14.3 Å². The summed E-state index contributed by atoms with van der Waals surface area (Å²) in [6, 6.07) is 4.98. The standard InChI is InChI=1S/C15H13BrClN3O4/c1-24-15(23)9-7-20(2-3-21)14(22)13(9)19-12-4-8(6-18)10(16)5-11(12)17/h4-5,19,21H,2-3,7H2,1H3. The molecule has 0 saturated carbocycles. The lowest BCUT2D eigenvalue weighted by atomic mass is 10.2. The van der Waals surface area contributed by atoms with E-state index in [2.05, 4.69) is 21.2 Å². The third-order valence-corrected chi connectivity index (χ3v) is 4.36. The van der Waals surface area contributed by atoms with E-state index in [1.807, 2.05) is 6.07 Å². The molecule has 1 amide bonds. The molecular formula is C15H13BrClN3O4. The zero-order chi connectivity index (χ0) is 17.9. The topological polar surface area (TPSA) is 103 Å². The van der Waals surface area contributed by atoms with Gasteiger partial charge in [-0.15, -0.1) is 0 Å². The Kier molecular flexibility index (Phi) is 5.83. The highest BCUT2D eigenvalue weighted by atomic mass is 79.9. The van der Waals surface area contributed by atoms with Crippen LogP contribution in [0.5, 0.6) is 0 Å². The molecule has 1 aromatic rings. The normalized spacial score (nSPS) is 14.0. The summed E-state index contributed by atoms with van der Waals surface area (Å²) >= 11 is 9.36. The fraction of sp³-hybridized carbons (Fsp3) is 0.267. The van der Waals surface area contributed by atoms with Gasteiger partial charge in [-0.1, -0.05) is 11.6 Å². The molecule has 1 aliphatic rings. The summed E-state index contributed by atoms with van der Waals surface area (Å²) in [5.41, 5.74) is 0.781. The molecule has 1 aromatic carbocycles. The minimum atomic E-state index is -0.653. The van der Waals surface area contributed by atoms with Gasteiger partial charge in [0.15, 0.2) is 0 Å². The molecular weight excluding hydrogens is 402 g/mol. The molecule has 0 saturated heterocycles. The van der Waals surface area contributed by atoms with Crippen LogP contribution in [0.2, 0.25) is 5.02 Å². The van der Waals surface area contributed by atoms with Crippen molar-refractivity contribution in [3.05, 3.63) is 38.5 Å². The summed E-state index contributed by atoms with van der Waals surface area (Å²) < 4.78 is 5.22. The van der Waals surface area contributed by atoms with Crippen molar-refractivity contribution in [1.82, 2.24) is 4.90 Å². The number of methoxy groups -OCH3 is 1. The van der Waals surface area contributed by atoms with Crippen molar-refractivity contribution in [1.29, 1.82) is 5.26 Å². The Morgan fingerprint density at radius 3 is 2.88 bits per heavy atom. The number of esters is 1. The molecule has 2 N–H and O–H groups in total. The van der Waals surface area contributed by atoms with E-state index in [1.54, 1.807) is 0 Å². The van der Waals surface area contributed by atoms with Crippen molar-refractivity contribution >= 4 is 45.1 Å². The van der Waals surface area contributed by atoms with Crippen molar-refractivity contribution in [3.8, 4) is 6.07 Å². The van der Waals surface area contributed by atoms with E-state index in [4.69, 9.17) is 26.7 Å². The number of benzene rings is 1. The Hall–Kier alpha value is -2.08. The van der Waals surface area contributed by atoms with Crippen molar-refractivity contribution in [3.63, 3.8) is 0 Å². The summed E-state index contributed by atoms with van der Waals surface area (Å²) in [4.78, 5) is 25.7. The van der Waals surface area contributed by atoms with E-state index in [1.165, 1.54) is 24.1 Å². The van der Waals surface area contributed by atoms with Gasteiger partial charge in [0.2, 0.25) is 0 Å². The Labute approximate surface area is 151 Å². The Morgan fingerprint density at radius 1 is 1.58 bits per heavy atom. The molecule has 0 bridgehead atoms. The summed E-state index contributed by atoms with van der Waals surface area (Å²) in [6.07, 6.45) is 0. The number of aliphatic hydroxyl groups is 1. The van der Waals surface area contributed by atoms with Gasteiger partial charge in [-0.2, -0.15) is 5.26 Å². The second-order valence-corrected chi connectivity index (χ2v) is 6.11. The van der Waals surface area contributed by atoms with Gasteiger partial charge < -0.3 is 20.1 Å². The number of ether oxygens (including phenoxy) is 1. The van der Waals surface area contributed by atoms with Crippen LogP contribution in [0, 0.1) is 11.3 Å². The molecule has 0 aromatic heterocycles. The maximum Gasteiger partial charge on any atom is 0.337 e. The largest absolute Gasteiger partial charge is 0.466 e. The zero-order valence-electron chi connectivity index (χ0n) is 12.6. The van der Waals surface area contributed by atoms with Crippen LogP contribution in [-0.4, -0.2) is 48.7 Å². The number of hydrogen-bond acceptors (Lipinski definition) is 6. The number of amides is 1. The van der Waals surface area contributed by atoms with Crippen molar-refractivity contribution in [2.45, 2.75) is 0 Å². The third-order valence-electron chi connectivity index (χ3n) is 3.39. The number of rotatable bonds is 5. The predicted octanol–water partition coefficient (Wildman–Crippen LogP) is 1.65. The molecule has 1 heterocycles. The Morgan fingerprint density at radius 2 is 2.29 bits per heavy atom. The molecule has 7 nitrogen and oxygen atoms in total. The molecule has 0 spiro atoms. The summed E-state index contributed by atoms with van der Waals surface area (Å²) in [6.45, 7) is -0.124. The number of β-amino-alcohol motifs (C(OH)–C–C–N with tert-alkyl or cyclic N) is 1. The molecule has 2 rings (SSSR count). The first-order valence-electron chi connectivity index (χ1n) is 6.80. The lowest BCUT2D eigenvalue weighted by Gasteiger charge is -2.15. The average molecular weight is 415 g/mol. The first kappa shape index (κ1) is 18.3. The second kappa shape index (κ2) is 7.66. The smallest absolute Gasteiger partial charge is 0.337 e. The number of anilines is 1. The van der Waals surface area contributed by atoms with Crippen LogP contribution >= 0.6 is 27.5 Å². The van der Waals surface area contributed by atoms with Gasteiger partial charge in [0.25, 0.3) is 5.91 Å². The minimum Gasteiger partial charge on any atom is -0.466 e. The van der Waals surface area contributed by atoms with Crippen LogP contribution in [0.3, 0.4) is 0 Å². The number of halogens is 2. The number of carbonyl (C=O) groups is 2. The maximum atomic E-state index is 12.4. The van der Waals surface area contributed by atoms with Gasteiger partial charge in [-0.25, -0.2) is 4.79 Å². The van der Waals surface area contributed by atoms with E-state index in [-0.39, 0.29) is 36.0 Å². The average Bonchev–Trinajstić information content (AvgIpc) is 2.86. The van der Waals surface area contributed by atoms with Crippen molar-refractivity contribution < 1.29 is 19.4 Å². The third kappa shape index (κ3) is 3.53. The van der Waals surface area contributed by atoms with Gasteiger partial charge >= 0.3 is 5.97 Å². The number of hydrogen-bond donors (Lipinski definition) is 2. The molecule has 9 heteroatoms. The molecule has 0 aliphatic carbocycles. The first-order chi connectivity index (χ1) is 11.4. The molecule has 0 unspecified atom stereocenters. The van der Waals surface area contributed by atoms with Crippen molar-refractivity contribution in [2.75, 3.05) is 32.1 Å². The highest BCUT2D eigenvalue weighted by Crippen LogP contribution is 2.32. The Bertz CT molecular complexity index is 773. The lowest BCUT2D eigenvalue weighted by molar-refractivity contribution is -0.136. The van der Waals surface area contributed by atoms with E-state index in [0.29, 0.717) is 15.7 Å². The van der Waals surface area contributed by atoms with Gasteiger partial charge in [-0.3, -0.25) is 4.79 Å². The fourth-order valence-corrected chi connectivity index (χ4v) is 2.99. The number of nitriles is 1. The SMILES string of the molecule is COC(=O)C1=C(Nc2cc(C#N)c(Br)cc2Cl)C(=O)N(CCO)C1. The van der Waals surface area contributed by atoms with Crippen LogP contribution in [0.15, 0.2) is 27.9 Å². The number of nitrogens with zero attached hydrogens (tertiary/aromatic N) is 2. The number of carbonyl (C=O) groups excluding carboxylic acids is 2. The monoisotopic (exact) mass is 413 g/mol. The fourth-order valence-electron chi connectivity index (χ4n) is 2.21. The summed E-state index contributed by atoms with van der Waals surface area (Å²) in [5, 5.41) is 21.2. The van der Waals surface area contributed by atoms with E-state index in [0.717, 1.165) is 0 Å². The second-order valence-electron chi connectivity index (χ2n) is 4.84. The van der Waals surface area contributed by atoms with E-state index >= 15 is 0 Å². The Balaban J connectivity index is 2.43. The molecule has 0 atom stereocenters.